The first-order valence-electron chi connectivity index (χ1n) is 16.5. The molecular formula is C45H27N3S. The number of hydrogen-bond acceptors (Lipinski definition) is 4. The molecule has 228 valence electrons. The molecule has 0 amide bonds. The lowest BCUT2D eigenvalue weighted by molar-refractivity contribution is 1.18. The fraction of sp³-hybridized carbons (Fsp3) is 0. The van der Waals surface area contributed by atoms with Gasteiger partial charge < -0.3 is 0 Å². The highest BCUT2D eigenvalue weighted by Gasteiger charge is 2.19. The van der Waals surface area contributed by atoms with E-state index in [1.807, 2.05) is 47.7 Å². The van der Waals surface area contributed by atoms with Crippen LogP contribution in [0.1, 0.15) is 0 Å². The second kappa shape index (κ2) is 11.2. The molecule has 0 unspecified atom stereocenters. The molecule has 0 aliphatic carbocycles. The molecule has 10 rings (SSSR count). The number of thiophene rings is 1. The van der Waals surface area contributed by atoms with Crippen molar-refractivity contribution in [3.63, 3.8) is 0 Å². The van der Waals surface area contributed by atoms with Crippen LogP contribution in [-0.4, -0.2) is 15.0 Å². The third-order valence-electron chi connectivity index (χ3n) is 9.47. The number of pyridine rings is 1. The van der Waals surface area contributed by atoms with Crippen molar-refractivity contribution in [2.45, 2.75) is 0 Å². The Morgan fingerprint density at radius 2 is 0.857 bits per heavy atom. The Morgan fingerprint density at radius 3 is 1.53 bits per heavy atom. The van der Waals surface area contributed by atoms with Crippen LogP contribution >= 0.6 is 11.3 Å². The summed E-state index contributed by atoms with van der Waals surface area (Å²) in [5.41, 5.74) is 7.99. The van der Waals surface area contributed by atoms with Gasteiger partial charge in [0.15, 0.2) is 5.82 Å². The number of benzene rings is 7. The molecule has 0 bridgehead atoms. The van der Waals surface area contributed by atoms with E-state index in [1.165, 1.54) is 41.7 Å². The highest BCUT2D eigenvalue weighted by molar-refractivity contribution is 7.27. The maximum absolute atomic E-state index is 5.54. The minimum atomic E-state index is 0.711. The number of nitrogens with zero attached hydrogens (tertiary/aromatic N) is 3. The minimum absolute atomic E-state index is 0.711. The molecule has 0 aliphatic heterocycles. The second-order valence-corrected chi connectivity index (χ2v) is 13.4. The molecule has 7 aromatic carbocycles. The molecule has 10 aromatic rings. The molecule has 0 saturated carbocycles. The minimum Gasteiger partial charge on any atom is -0.246 e. The molecule has 0 saturated heterocycles. The summed E-state index contributed by atoms with van der Waals surface area (Å²) in [5, 5.41) is 8.68. The van der Waals surface area contributed by atoms with Gasteiger partial charge in [0.25, 0.3) is 0 Å². The molecule has 0 fully saturated rings. The molecule has 0 atom stereocenters. The Bertz CT molecular complexity index is 2800. The van der Waals surface area contributed by atoms with Gasteiger partial charge >= 0.3 is 0 Å². The van der Waals surface area contributed by atoms with Gasteiger partial charge in [0.05, 0.1) is 27.3 Å². The molecule has 0 radical (unpaired) electrons. The van der Waals surface area contributed by atoms with Crippen molar-refractivity contribution in [3.05, 3.63) is 164 Å². The first-order chi connectivity index (χ1) is 24.3. The van der Waals surface area contributed by atoms with Crippen LogP contribution in [-0.2, 0) is 0 Å². The van der Waals surface area contributed by atoms with Crippen molar-refractivity contribution in [1.82, 2.24) is 15.0 Å². The first kappa shape index (κ1) is 27.8. The zero-order chi connectivity index (χ0) is 32.3. The lowest BCUT2D eigenvalue weighted by Gasteiger charge is -2.14. The van der Waals surface area contributed by atoms with Crippen LogP contribution in [0.4, 0.5) is 0 Å². The summed E-state index contributed by atoms with van der Waals surface area (Å²) >= 11 is 1.84. The largest absolute Gasteiger partial charge is 0.246 e. The van der Waals surface area contributed by atoms with Crippen LogP contribution in [0.15, 0.2) is 164 Å². The van der Waals surface area contributed by atoms with Gasteiger partial charge in [0.2, 0.25) is 0 Å². The lowest BCUT2D eigenvalue weighted by atomic mass is 9.94. The van der Waals surface area contributed by atoms with Gasteiger partial charge in [-0.15, -0.1) is 11.3 Å². The van der Waals surface area contributed by atoms with Gasteiger partial charge in [0.1, 0.15) is 0 Å². The predicted molar refractivity (Wildman–Crippen MR) is 207 cm³/mol. The topological polar surface area (TPSA) is 38.7 Å². The highest BCUT2D eigenvalue weighted by atomic mass is 32.1. The number of aromatic nitrogens is 3. The van der Waals surface area contributed by atoms with E-state index in [2.05, 4.69) is 127 Å². The van der Waals surface area contributed by atoms with E-state index in [-0.39, 0.29) is 0 Å². The van der Waals surface area contributed by atoms with Gasteiger partial charge in [-0.25, -0.2) is 15.0 Å². The summed E-state index contributed by atoms with van der Waals surface area (Å²) < 4.78 is 2.52. The number of fused-ring (bicyclic) bond motifs is 10. The number of rotatable bonds is 4. The predicted octanol–water partition coefficient (Wildman–Crippen LogP) is 12.4. The van der Waals surface area contributed by atoms with E-state index in [1.54, 1.807) is 0 Å². The van der Waals surface area contributed by atoms with Crippen LogP contribution in [0.3, 0.4) is 0 Å². The third kappa shape index (κ3) is 4.53. The first-order valence-corrected chi connectivity index (χ1v) is 17.3. The molecule has 49 heavy (non-hydrogen) atoms. The Labute approximate surface area is 286 Å². The van der Waals surface area contributed by atoms with Crippen molar-refractivity contribution in [2.75, 3.05) is 0 Å². The molecular weight excluding hydrogens is 615 g/mol. The molecule has 0 aliphatic rings. The van der Waals surface area contributed by atoms with Crippen molar-refractivity contribution in [1.29, 1.82) is 0 Å². The van der Waals surface area contributed by atoms with Crippen molar-refractivity contribution >= 4 is 64.0 Å². The van der Waals surface area contributed by atoms with Crippen LogP contribution in [0.5, 0.6) is 0 Å². The Kier molecular flexibility index (Phi) is 6.36. The van der Waals surface area contributed by atoms with Crippen molar-refractivity contribution in [3.8, 4) is 45.2 Å². The van der Waals surface area contributed by atoms with E-state index < -0.39 is 0 Å². The Hall–Kier alpha value is -6.23. The van der Waals surface area contributed by atoms with E-state index in [0.717, 1.165) is 50.2 Å². The highest BCUT2D eigenvalue weighted by Crippen LogP contribution is 2.46. The van der Waals surface area contributed by atoms with E-state index in [0.29, 0.717) is 5.82 Å². The summed E-state index contributed by atoms with van der Waals surface area (Å²) in [7, 11) is 0. The standard InChI is InChI=1S/C45H27N3S/c1-3-13-28(14-4-1)37-27-38(47-45(46-37)31-15-5-2-6-16-31)29-23-25-30(26-24-29)42-35-20-10-9-19-34(35)40-32-17-7-8-18-33(32)41-36-21-11-12-22-39(36)49-44(41)43(40)48-42/h1-27H. The van der Waals surface area contributed by atoms with Gasteiger partial charge in [-0.2, -0.15) is 0 Å². The fourth-order valence-electron chi connectivity index (χ4n) is 7.19. The SMILES string of the molecule is c1ccc(-c2cc(-c3ccc(-c4nc5c6sc7ccccc7c6c6ccccc6c5c5ccccc45)cc3)nc(-c3ccccc3)n2)cc1. The molecule has 0 N–H and O–H groups in total. The lowest BCUT2D eigenvalue weighted by Crippen LogP contribution is -1.96. The molecule has 3 aromatic heterocycles. The average Bonchev–Trinajstić information content (AvgIpc) is 3.58. The molecule has 0 spiro atoms. The molecule has 3 heterocycles. The van der Waals surface area contributed by atoms with Crippen LogP contribution in [0.25, 0.3) is 97.8 Å². The van der Waals surface area contributed by atoms with Gasteiger partial charge in [-0.3, -0.25) is 0 Å². The summed E-state index contributed by atoms with van der Waals surface area (Å²) in [5.74, 6) is 0.711. The average molecular weight is 642 g/mol. The fourth-order valence-corrected chi connectivity index (χ4v) is 8.40. The normalized spacial score (nSPS) is 11.7. The summed E-state index contributed by atoms with van der Waals surface area (Å²) in [6.07, 6.45) is 0. The van der Waals surface area contributed by atoms with Gasteiger partial charge in [-0.1, -0.05) is 152 Å². The third-order valence-corrected chi connectivity index (χ3v) is 10.6. The molecule has 3 nitrogen and oxygen atoms in total. The second-order valence-electron chi connectivity index (χ2n) is 12.3. The maximum Gasteiger partial charge on any atom is 0.160 e. The molecule has 4 heteroatoms. The summed E-state index contributed by atoms with van der Waals surface area (Å²) in [6, 6.07) is 57.5. The summed E-state index contributed by atoms with van der Waals surface area (Å²) in [4.78, 5) is 15.6. The van der Waals surface area contributed by atoms with E-state index in [9.17, 15) is 0 Å². The monoisotopic (exact) mass is 641 g/mol. The van der Waals surface area contributed by atoms with Crippen LogP contribution in [0.2, 0.25) is 0 Å². The van der Waals surface area contributed by atoms with Gasteiger partial charge in [0, 0.05) is 48.5 Å². The zero-order valence-electron chi connectivity index (χ0n) is 26.3. The van der Waals surface area contributed by atoms with Gasteiger partial charge in [-0.05, 0) is 28.3 Å². The smallest absolute Gasteiger partial charge is 0.160 e. The quantitative estimate of drug-likeness (QED) is 0.180. The van der Waals surface area contributed by atoms with Crippen LogP contribution < -0.4 is 0 Å². The summed E-state index contributed by atoms with van der Waals surface area (Å²) in [6.45, 7) is 0. The van der Waals surface area contributed by atoms with E-state index >= 15 is 0 Å². The van der Waals surface area contributed by atoms with Crippen LogP contribution in [0, 0.1) is 0 Å². The van der Waals surface area contributed by atoms with Crippen molar-refractivity contribution < 1.29 is 0 Å². The Morgan fingerprint density at radius 1 is 0.367 bits per heavy atom. The maximum atomic E-state index is 5.54. The Balaban J connectivity index is 1.18. The van der Waals surface area contributed by atoms with Crippen molar-refractivity contribution in [2.24, 2.45) is 0 Å². The number of hydrogen-bond donors (Lipinski definition) is 0. The zero-order valence-corrected chi connectivity index (χ0v) is 27.2. The van der Waals surface area contributed by atoms with E-state index in [4.69, 9.17) is 15.0 Å².